The quantitative estimate of drug-likeness (QED) is 0.691. The molecule has 0 aromatic heterocycles. The van der Waals surface area contributed by atoms with E-state index in [0.717, 1.165) is 6.42 Å². The first-order chi connectivity index (χ1) is 7.07. The van der Waals surface area contributed by atoms with Gasteiger partial charge in [-0.25, -0.2) is 0 Å². The van der Waals surface area contributed by atoms with Crippen LogP contribution in [0.25, 0.3) is 0 Å². The molecule has 5 heteroatoms. The molecule has 0 aliphatic carbocycles. The lowest BCUT2D eigenvalue weighted by Crippen LogP contribution is -2.46. The van der Waals surface area contributed by atoms with E-state index in [1.165, 1.54) is 0 Å². The molecule has 2 atom stereocenters. The predicted octanol–water partition coefficient (Wildman–Crippen LogP) is 0.487. The SMILES string of the molecule is CCOC(=O)[C@H](C)N1CCC[C@H]1C(=O)O. The number of carbonyl (C=O) groups excluding carboxylic acids is 1. The van der Waals surface area contributed by atoms with Gasteiger partial charge in [-0.2, -0.15) is 0 Å². The number of carbonyl (C=O) groups is 2. The van der Waals surface area contributed by atoms with Crippen molar-refractivity contribution in [3.63, 3.8) is 0 Å². The Kier molecular flexibility index (Phi) is 4.08. The Morgan fingerprint density at radius 2 is 2.27 bits per heavy atom. The van der Waals surface area contributed by atoms with Gasteiger partial charge in [0, 0.05) is 0 Å². The molecule has 0 unspecified atom stereocenters. The standard InChI is InChI=1S/C10H17NO4/c1-3-15-10(14)7(2)11-6-4-5-8(11)9(12)13/h7-8H,3-6H2,1-2H3,(H,12,13)/t7-,8-/m0/s1. The fourth-order valence-electron chi connectivity index (χ4n) is 1.92. The summed E-state index contributed by atoms with van der Waals surface area (Å²) >= 11 is 0. The Morgan fingerprint density at radius 1 is 1.60 bits per heavy atom. The molecule has 0 aromatic carbocycles. The third kappa shape index (κ3) is 2.68. The highest BCUT2D eigenvalue weighted by atomic mass is 16.5. The number of aliphatic carboxylic acids is 1. The van der Waals surface area contributed by atoms with Crippen LogP contribution < -0.4 is 0 Å². The molecule has 1 N–H and O–H groups in total. The van der Waals surface area contributed by atoms with Gasteiger partial charge in [0.15, 0.2) is 0 Å². The van der Waals surface area contributed by atoms with Crippen molar-refractivity contribution in [2.45, 2.75) is 38.8 Å². The number of ether oxygens (including phenoxy) is 1. The summed E-state index contributed by atoms with van der Waals surface area (Å²) in [4.78, 5) is 24.0. The van der Waals surface area contributed by atoms with Gasteiger partial charge in [0.1, 0.15) is 12.1 Å². The topological polar surface area (TPSA) is 66.8 Å². The van der Waals surface area contributed by atoms with Crippen LogP contribution in [0.5, 0.6) is 0 Å². The van der Waals surface area contributed by atoms with Crippen molar-refractivity contribution in [3.05, 3.63) is 0 Å². The van der Waals surface area contributed by atoms with E-state index in [0.29, 0.717) is 19.6 Å². The molecule has 1 heterocycles. The molecular formula is C10H17NO4. The van der Waals surface area contributed by atoms with Crippen LogP contribution in [-0.2, 0) is 14.3 Å². The second kappa shape index (κ2) is 5.11. The lowest BCUT2D eigenvalue weighted by Gasteiger charge is -2.26. The molecule has 0 spiro atoms. The Balaban J connectivity index is 2.61. The number of likely N-dealkylation sites (tertiary alicyclic amines) is 1. The number of hydrogen-bond acceptors (Lipinski definition) is 4. The van der Waals surface area contributed by atoms with Gasteiger partial charge < -0.3 is 9.84 Å². The highest BCUT2D eigenvalue weighted by Gasteiger charge is 2.36. The molecule has 0 bridgehead atoms. The molecule has 1 rings (SSSR count). The van der Waals surface area contributed by atoms with Crippen LogP contribution in [0.2, 0.25) is 0 Å². The molecule has 1 fully saturated rings. The van der Waals surface area contributed by atoms with Crippen LogP contribution >= 0.6 is 0 Å². The van der Waals surface area contributed by atoms with Crippen molar-refractivity contribution in [2.24, 2.45) is 0 Å². The van der Waals surface area contributed by atoms with E-state index in [1.54, 1.807) is 18.7 Å². The second-order valence-corrected chi connectivity index (χ2v) is 3.66. The van der Waals surface area contributed by atoms with E-state index in [2.05, 4.69) is 0 Å². The first-order valence-corrected chi connectivity index (χ1v) is 5.23. The van der Waals surface area contributed by atoms with Crippen molar-refractivity contribution in [2.75, 3.05) is 13.2 Å². The van der Waals surface area contributed by atoms with Crippen molar-refractivity contribution < 1.29 is 19.4 Å². The summed E-state index contributed by atoms with van der Waals surface area (Å²) in [6.45, 7) is 4.41. The lowest BCUT2D eigenvalue weighted by molar-refractivity contribution is -0.152. The van der Waals surface area contributed by atoms with Crippen molar-refractivity contribution in [1.29, 1.82) is 0 Å². The van der Waals surface area contributed by atoms with E-state index in [-0.39, 0.29) is 5.97 Å². The van der Waals surface area contributed by atoms with Crippen LogP contribution in [0.4, 0.5) is 0 Å². The molecule has 0 saturated carbocycles. The van der Waals surface area contributed by atoms with Gasteiger partial charge in [-0.05, 0) is 33.2 Å². The molecule has 5 nitrogen and oxygen atoms in total. The van der Waals surface area contributed by atoms with Crippen LogP contribution in [0.15, 0.2) is 0 Å². The molecule has 1 saturated heterocycles. The van der Waals surface area contributed by atoms with E-state index in [9.17, 15) is 9.59 Å². The van der Waals surface area contributed by atoms with E-state index >= 15 is 0 Å². The van der Waals surface area contributed by atoms with Gasteiger partial charge in [0.05, 0.1) is 6.61 Å². The molecule has 15 heavy (non-hydrogen) atoms. The largest absolute Gasteiger partial charge is 0.480 e. The minimum Gasteiger partial charge on any atom is -0.480 e. The summed E-state index contributed by atoms with van der Waals surface area (Å²) in [5, 5.41) is 8.95. The van der Waals surface area contributed by atoms with Gasteiger partial charge >= 0.3 is 11.9 Å². The first kappa shape index (κ1) is 12.0. The maximum Gasteiger partial charge on any atom is 0.323 e. The third-order valence-corrected chi connectivity index (χ3v) is 2.70. The van der Waals surface area contributed by atoms with Crippen LogP contribution in [0.3, 0.4) is 0 Å². The third-order valence-electron chi connectivity index (χ3n) is 2.70. The maximum atomic E-state index is 11.4. The highest BCUT2D eigenvalue weighted by molar-refractivity contribution is 5.78. The summed E-state index contributed by atoms with van der Waals surface area (Å²) in [5.74, 6) is -1.20. The average molecular weight is 215 g/mol. The fourth-order valence-corrected chi connectivity index (χ4v) is 1.92. The summed E-state index contributed by atoms with van der Waals surface area (Å²) in [7, 11) is 0. The van der Waals surface area contributed by atoms with Crippen LogP contribution in [-0.4, -0.2) is 47.2 Å². The van der Waals surface area contributed by atoms with Crippen LogP contribution in [0.1, 0.15) is 26.7 Å². The van der Waals surface area contributed by atoms with E-state index in [1.807, 2.05) is 0 Å². The monoisotopic (exact) mass is 215 g/mol. The smallest absolute Gasteiger partial charge is 0.323 e. The molecular weight excluding hydrogens is 198 g/mol. The molecule has 1 aliphatic rings. The predicted molar refractivity (Wildman–Crippen MR) is 53.5 cm³/mol. The zero-order valence-electron chi connectivity index (χ0n) is 9.10. The van der Waals surface area contributed by atoms with Gasteiger partial charge in [-0.15, -0.1) is 0 Å². The Labute approximate surface area is 89.0 Å². The Bertz CT molecular complexity index is 254. The average Bonchev–Trinajstić information content (AvgIpc) is 2.65. The highest BCUT2D eigenvalue weighted by Crippen LogP contribution is 2.20. The summed E-state index contributed by atoms with van der Waals surface area (Å²) < 4.78 is 4.87. The van der Waals surface area contributed by atoms with E-state index in [4.69, 9.17) is 9.84 Å². The fraction of sp³-hybridized carbons (Fsp3) is 0.800. The Hall–Kier alpha value is -1.10. The molecule has 86 valence electrons. The summed E-state index contributed by atoms with van der Waals surface area (Å²) in [6, 6.07) is -1.00. The second-order valence-electron chi connectivity index (χ2n) is 3.66. The number of hydrogen-bond donors (Lipinski definition) is 1. The molecule has 0 amide bonds. The molecule has 0 radical (unpaired) electrons. The Morgan fingerprint density at radius 3 is 2.80 bits per heavy atom. The van der Waals surface area contributed by atoms with Crippen molar-refractivity contribution in [1.82, 2.24) is 4.90 Å². The van der Waals surface area contributed by atoms with Gasteiger partial charge in [0.2, 0.25) is 0 Å². The van der Waals surface area contributed by atoms with Crippen molar-refractivity contribution in [3.8, 4) is 0 Å². The number of rotatable bonds is 4. The van der Waals surface area contributed by atoms with Gasteiger partial charge in [-0.3, -0.25) is 14.5 Å². The first-order valence-electron chi connectivity index (χ1n) is 5.23. The minimum atomic E-state index is -0.858. The maximum absolute atomic E-state index is 11.4. The van der Waals surface area contributed by atoms with Crippen LogP contribution in [0, 0.1) is 0 Å². The zero-order chi connectivity index (χ0) is 11.4. The summed E-state index contributed by atoms with van der Waals surface area (Å²) in [6.07, 6.45) is 1.43. The molecule has 0 aromatic rings. The van der Waals surface area contributed by atoms with E-state index < -0.39 is 18.1 Å². The normalized spacial score (nSPS) is 23.7. The number of nitrogens with zero attached hydrogens (tertiary/aromatic N) is 1. The lowest BCUT2D eigenvalue weighted by atomic mass is 10.2. The number of carboxylic acid groups (broad SMARTS) is 1. The number of carboxylic acids is 1. The van der Waals surface area contributed by atoms with Gasteiger partial charge in [0.25, 0.3) is 0 Å². The zero-order valence-corrected chi connectivity index (χ0v) is 9.10. The minimum absolute atomic E-state index is 0.328. The summed E-state index contributed by atoms with van der Waals surface area (Å²) in [5.41, 5.74) is 0. The van der Waals surface area contributed by atoms with Gasteiger partial charge in [-0.1, -0.05) is 0 Å². The number of esters is 1. The molecule has 1 aliphatic heterocycles. The van der Waals surface area contributed by atoms with Crippen molar-refractivity contribution >= 4 is 11.9 Å².